The summed E-state index contributed by atoms with van der Waals surface area (Å²) in [5.41, 5.74) is 3.74. The van der Waals surface area contributed by atoms with Gasteiger partial charge in [-0.2, -0.15) is 0 Å². The van der Waals surface area contributed by atoms with Crippen LogP contribution in [0.5, 0.6) is 0 Å². The van der Waals surface area contributed by atoms with Crippen molar-refractivity contribution in [1.82, 2.24) is 4.98 Å². The Morgan fingerprint density at radius 1 is 1.00 bits per heavy atom. The van der Waals surface area contributed by atoms with E-state index in [0.29, 0.717) is 10.8 Å². The van der Waals surface area contributed by atoms with Crippen molar-refractivity contribution < 1.29 is 9.59 Å². The highest BCUT2D eigenvalue weighted by Crippen LogP contribution is 2.30. The third-order valence-corrected chi connectivity index (χ3v) is 5.41. The van der Waals surface area contributed by atoms with Crippen LogP contribution in [0.1, 0.15) is 29.7 Å². The van der Waals surface area contributed by atoms with E-state index in [2.05, 4.69) is 27.8 Å². The number of amides is 2. The highest BCUT2D eigenvalue weighted by atomic mass is 32.1. The summed E-state index contributed by atoms with van der Waals surface area (Å²) in [5, 5.41) is 8.19. The van der Waals surface area contributed by atoms with Gasteiger partial charge in [0.1, 0.15) is 0 Å². The fourth-order valence-corrected chi connectivity index (χ4v) is 3.68. The van der Waals surface area contributed by atoms with E-state index >= 15 is 0 Å². The Kier molecular flexibility index (Phi) is 5.48. The van der Waals surface area contributed by atoms with Gasteiger partial charge in [0.15, 0.2) is 5.13 Å². The van der Waals surface area contributed by atoms with Gasteiger partial charge in [-0.15, -0.1) is 11.3 Å². The molecule has 4 rings (SSSR count). The minimum absolute atomic E-state index is 0.0280. The van der Waals surface area contributed by atoms with E-state index in [9.17, 15) is 9.59 Å². The first-order valence-corrected chi connectivity index (χ1v) is 10.2. The minimum atomic E-state index is -0.120. The summed E-state index contributed by atoms with van der Waals surface area (Å²) in [4.78, 5) is 28.7. The van der Waals surface area contributed by atoms with Crippen molar-refractivity contribution in [2.24, 2.45) is 5.92 Å². The topological polar surface area (TPSA) is 71.1 Å². The van der Waals surface area contributed by atoms with Crippen LogP contribution in [0.2, 0.25) is 0 Å². The van der Waals surface area contributed by atoms with Crippen molar-refractivity contribution >= 4 is 34.0 Å². The summed E-state index contributed by atoms with van der Waals surface area (Å²) in [6.45, 7) is 0. The summed E-state index contributed by atoms with van der Waals surface area (Å²) in [7, 11) is 0. The highest BCUT2D eigenvalue weighted by molar-refractivity contribution is 7.13. The van der Waals surface area contributed by atoms with Crippen LogP contribution >= 0.6 is 11.3 Å². The van der Waals surface area contributed by atoms with Crippen molar-refractivity contribution in [2.75, 3.05) is 10.6 Å². The number of nitrogens with one attached hydrogen (secondary N) is 2. The molecule has 0 saturated heterocycles. The van der Waals surface area contributed by atoms with E-state index in [0.717, 1.165) is 30.5 Å². The zero-order valence-corrected chi connectivity index (χ0v) is 16.2. The first-order chi connectivity index (χ1) is 13.7. The van der Waals surface area contributed by atoms with Gasteiger partial charge in [0, 0.05) is 17.0 Å². The largest absolute Gasteiger partial charge is 0.325 e. The zero-order chi connectivity index (χ0) is 19.3. The van der Waals surface area contributed by atoms with Gasteiger partial charge >= 0.3 is 0 Å². The first kappa shape index (κ1) is 18.4. The quantitative estimate of drug-likeness (QED) is 0.632. The zero-order valence-electron chi connectivity index (χ0n) is 15.4. The van der Waals surface area contributed by atoms with E-state index in [1.807, 2.05) is 47.8 Å². The molecule has 28 heavy (non-hydrogen) atoms. The van der Waals surface area contributed by atoms with E-state index < -0.39 is 0 Å². The lowest BCUT2D eigenvalue weighted by atomic mass is 10.0. The monoisotopic (exact) mass is 391 g/mol. The average molecular weight is 391 g/mol. The average Bonchev–Trinajstić information content (AvgIpc) is 3.46. The van der Waals surface area contributed by atoms with Crippen LogP contribution in [0.3, 0.4) is 0 Å². The fourth-order valence-electron chi connectivity index (χ4n) is 2.97. The molecule has 1 aromatic heterocycles. The Morgan fingerprint density at radius 3 is 2.54 bits per heavy atom. The van der Waals surface area contributed by atoms with Crippen LogP contribution in [0, 0.1) is 5.92 Å². The first-order valence-electron chi connectivity index (χ1n) is 9.34. The number of aromatic nitrogens is 1. The van der Waals surface area contributed by atoms with Gasteiger partial charge in [0.25, 0.3) is 0 Å². The molecule has 1 fully saturated rings. The lowest BCUT2D eigenvalue weighted by Gasteiger charge is -2.11. The molecule has 1 saturated carbocycles. The standard InChI is InChI=1S/C22H21N3O2S/c26-20(13-18-14-28-22(23-18)25-21(27)16-10-11-16)24-19-9-5-4-8-17(19)12-15-6-2-1-3-7-15/h1-9,14,16H,10-13H2,(H,24,26)(H,23,25,27). The molecule has 0 atom stereocenters. The molecule has 0 radical (unpaired) electrons. The number of rotatable bonds is 7. The Labute approximate surface area is 167 Å². The molecule has 2 aromatic carbocycles. The van der Waals surface area contributed by atoms with Gasteiger partial charge in [0.2, 0.25) is 11.8 Å². The van der Waals surface area contributed by atoms with Gasteiger partial charge in [-0.1, -0.05) is 48.5 Å². The predicted octanol–water partition coefficient (Wildman–Crippen LogP) is 4.26. The van der Waals surface area contributed by atoms with Crippen molar-refractivity contribution in [1.29, 1.82) is 0 Å². The number of benzene rings is 2. The van der Waals surface area contributed by atoms with Crippen LogP contribution in [-0.4, -0.2) is 16.8 Å². The Bertz CT molecular complexity index is 980. The second kappa shape index (κ2) is 8.35. The molecule has 1 aliphatic carbocycles. The van der Waals surface area contributed by atoms with E-state index in [1.54, 1.807) is 0 Å². The molecule has 0 aliphatic heterocycles. The number of hydrogen-bond acceptors (Lipinski definition) is 4. The van der Waals surface area contributed by atoms with E-state index in [-0.39, 0.29) is 24.2 Å². The van der Waals surface area contributed by atoms with E-state index in [1.165, 1.54) is 16.9 Å². The summed E-state index contributed by atoms with van der Waals surface area (Å²) < 4.78 is 0. The third kappa shape index (κ3) is 4.84. The predicted molar refractivity (Wildman–Crippen MR) is 111 cm³/mol. The second-order valence-corrected chi connectivity index (χ2v) is 7.81. The lowest BCUT2D eigenvalue weighted by Crippen LogP contribution is -2.16. The maximum Gasteiger partial charge on any atom is 0.230 e. The van der Waals surface area contributed by atoms with Gasteiger partial charge in [0.05, 0.1) is 12.1 Å². The third-order valence-electron chi connectivity index (χ3n) is 4.60. The van der Waals surface area contributed by atoms with Gasteiger partial charge in [-0.3, -0.25) is 9.59 Å². The van der Waals surface area contributed by atoms with Gasteiger partial charge in [-0.25, -0.2) is 4.98 Å². The Hall–Kier alpha value is -2.99. The second-order valence-electron chi connectivity index (χ2n) is 6.95. The number of nitrogens with zero attached hydrogens (tertiary/aromatic N) is 1. The number of carbonyl (C=O) groups is 2. The summed E-state index contributed by atoms with van der Waals surface area (Å²) in [5.74, 6) is 0.0443. The maximum atomic E-state index is 12.5. The Balaban J connectivity index is 1.37. The lowest BCUT2D eigenvalue weighted by molar-refractivity contribution is -0.117. The van der Waals surface area contributed by atoms with Crippen LogP contribution in [-0.2, 0) is 22.4 Å². The summed E-state index contributed by atoms with van der Waals surface area (Å²) in [6, 6.07) is 18.0. The van der Waals surface area contributed by atoms with Gasteiger partial charge in [-0.05, 0) is 36.5 Å². The number of carbonyl (C=O) groups excluding carboxylic acids is 2. The molecular weight excluding hydrogens is 370 g/mol. The molecule has 2 N–H and O–H groups in total. The molecule has 3 aromatic rings. The van der Waals surface area contributed by atoms with E-state index in [4.69, 9.17) is 0 Å². The molecule has 142 valence electrons. The molecule has 0 unspecified atom stereocenters. The number of thiazole rings is 1. The molecule has 5 nitrogen and oxygen atoms in total. The van der Waals surface area contributed by atoms with Crippen molar-refractivity contribution in [3.63, 3.8) is 0 Å². The molecule has 0 bridgehead atoms. The SMILES string of the molecule is O=C(Cc1csc(NC(=O)C2CC2)n1)Nc1ccccc1Cc1ccccc1. The van der Waals surface area contributed by atoms with Crippen molar-refractivity contribution in [2.45, 2.75) is 25.7 Å². The number of anilines is 2. The van der Waals surface area contributed by atoms with Crippen LogP contribution in [0.4, 0.5) is 10.8 Å². The van der Waals surface area contributed by atoms with Crippen molar-refractivity contribution in [3.8, 4) is 0 Å². The van der Waals surface area contributed by atoms with Crippen molar-refractivity contribution in [3.05, 3.63) is 76.8 Å². The molecule has 1 aliphatic rings. The normalized spacial score (nSPS) is 13.1. The fraction of sp³-hybridized carbons (Fsp3) is 0.227. The summed E-state index contributed by atoms with van der Waals surface area (Å²) >= 11 is 1.35. The molecular formula is C22H21N3O2S. The molecule has 0 spiro atoms. The molecule has 6 heteroatoms. The Morgan fingerprint density at radius 2 is 1.75 bits per heavy atom. The van der Waals surface area contributed by atoms with Gasteiger partial charge < -0.3 is 10.6 Å². The minimum Gasteiger partial charge on any atom is -0.325 e. The highest BCUT2D eigenvalue weighted by Gasteiger charge is 2.30. The van der Waals surface area contributed by atoms with Crippen LogP contribution in [0.15, 0.2) is 60.0 Å². The van der Waals surface area contributed by atoms with Crippen LogP contribution in [0.25, 0.3) is 0 Å². The molecule has 2 amide bonds. The summed E-state index contributed by atoms with van der Waals surface area (Å²) in [6.07, 6.45) is 2.84. The smallest absolute Gasteiger partial charge is 0.230 e. The molecule has 1 heterocycles. The maximum absolute atomic E-state index is 12.5. The van der Waals surface area contributed by atoms with Crippen LogP contribution < -0.4 is 10.6 Å². The number of para-hydroxylation sites is 1. The number of hydrogen-bond donors (Lipinski definition) is 2.